The van der Waals surface area contributed by atoms with Crippen LogP contribution < -0.4 is 5.73 Å². The second kappa shape index (κ2) is 5.57. The van der Waals surface area contributed by atoms with Crippen molar-refractivity contribution in [2.75, 3.05) is 12.3 Å². The summed E-state index contributed by atoms with van der Waals surface area (Å²) in [4.78, 5) is 19.4. The minimum atomic E-state index is -0.256. The van der Waals surface area contributed by atoms with E-state index in [0.29, 0.717) is 11.7 Å². The number of esters is 1. The number of para-hydroxylation sites is 1. The molecule has 0 spiro atoms. The summed E-state index contributed by atoms with van der Waals surface area (Å²) >= 11 is 1.39. The number of nitrogens with two attached hydrogens (primary N) is 1. The first-order valence-electron chi connectivity index (χ1n) is 6.65. The Bertz CT molecular complexity index is 791. The number of carbonyl (C=O) groups excluding carboxylic acids is 1. The second-order valence-electron chi connectivity index (χ2n) is 4.58. The van der Waals surface area contributed by atoms with Gasteiger partial charge in [-0.2, -0.15) is 0 Å². The third kappa shape index (κ3) is 2.62. The van der Waals surface area contributed by atoms with Gasteiger partial charge in [-0.1, -0.05) is 18.2 Å². The smallest absolute Gasteiger partial charge is 0.311 e. The SMILES string of the molecule is CCOC(=O)Cc1[nH]c2ccccc2c1-c1csc(N)n1. The van der Waals surface area contributed by atoms with Gasteiger partial charge >= 0.3 is 5.97 Å². The molecule has 0 amide bonds. The molecule has 0 fully saturated rings. The summed E-state index contributed by atoms with van der Waals surface area (Å²) in [7, 11) is 0. The predicted octanol–water partition coefficient (Wildman–Crippen LogP) is 2.98. The summed E-state index contributed by atoms with van der Waals surface area (Å²) in [6, 6.07) is 7.89. The van der Waals surface area contributed by atoms with Gasteiger partial charge in [0, 0.05) is 27.5 Å². The van der Waals surface area contributed by atoms with E-state index < -0.39 is 0 Å². The molecular formula is C15H15N3O2S. The first kappa shape index (κ1) is 13.6. The molecule has 0 aliphatic rings. The summed E-state index contributed by atoms with van der Waals surface area (Å²) < 4.78 is 5.04. The van der Waals surface area contributed by atoms with E-state index in [4.69, 9.17) is 10.5 Å². The zero-order valence-corrected chi connectivity index (χ0v) is 12.4. The zero-order chi connectivity index (χ0) is 14.8. The number of carbonyl (C=O) groups is 1. The standard InChI is InChI=1S/C15H15N3O2S/c1-2-20-13(19)7-11-14(12-8-21-15(16)18-12)9-5-3-4-6-10(9)17-11/h3-6,8,17H,2,7H2,1H3,(H2,16,18). The zero-order valence-electron chi connectivity index (χ0n) is 11.6. The maximum Gasteiger partial charge on any atom is 0.311 e. The second-order valence-corrected chi connectivity index (χ2v) is 5.47. The van der Waals surface area contributed by atoms with Crippen molar-refractivity contribution in [3.8, 4) is 11.3 Å². The molecule has 21 heavy (non-hydrogen) atoms. The van der Waals surface area contributed by atoms with Gasteiger partial charge < -0.3 is 15.5 Å². The maximum atomic E-state index is 11.8. The van der Waals surface area contributed by atoms with Gasteiger partial charge in [0.1, 0.15) is 0 Å². The fraction of sp³-hybridized carbons (Fsp3) is 0.200. The van der Waals surface area contributed by atoms with Gasteiger partial charge in [0.15, 0.2) is 5.13 Å². The monoisotopic (exact) mass is 301 g/mol. The lowest BCUT2D eigenvalue weighted by Crippen LogP contribution is -2.08. The molecule has 0 atom stereocenters. The van der Waals surface area contributed by atoms with E-state index in [1.54, 1.807) is 6.92 Å². The Morgan fingerprint density at radius 1 is 1.43 bits per heavy atom. The van der Waals surface area contributed by atoms with Gasteiger partial charge in [-0.25, -0.2) is 4.98 Å². The molecule has 0 aliphatic carbocycles. The molecule has 2 heterocycles. The highest BCUT2D eigenvalue weighted by atomic mass is 32.1. The van der Waals surface area contributed by atoms with E-state index in [2.05, 4.69) is 9.97 Å². The maximum absolute atomic E-state index is 11.8. The van der Waals surface area contributed by atoms with Gasteiger partial charge in [-0.15, -0.1) is 11.3 Å². The lowest BCUT2D eigenvalue weighted by Gasteiger charge is -2.03. The van der Waals surface area contributed by atoms with Gasteiger partial charge in [0.25, 0.3) is 0 Å². The predicted molar refractivity (Wildman–Crippen MR) is 84.2 cm³/mol. The van der Waals surface area contributed by atoms with Crippen LogP contribution in [0.4, 0.5) is 5.13 Å². The molecule has 1 aromatic carbocycles. The number of aromatic nitrogens is 2. The number of nitrogens with zero attached hydrogens (tertiary/aromatic N) is 1. The molecule has 3 N–H and O–H groups in total. The van der Waals surface area contributed by atoms with Gasteiger partial charge in [-0.05, 0) is 13.0 Å². The number of hydrogen-bond acceptors (Lipinski definition) is 5. The van der Waals surface area contributed by atoms with E-state index in [1.807, 2.05) is 29.6 Å². The topological polar surface area (TPSA) is 81.0 Å². The molecule has 0 saturated carbocycles. The molecule has 108 valence electrons. The van der Waals surface area contributed by atoms with Crippen LogP contribution in [0.25, 0.3) is 22.2 Å². The number of benzene rings is 1. The van der Waals surface area contributed by atoms with Crippen molar-refractivity contribution in [1.82, 2.24) is 9.97 Å². The Morgan fingerprint density at radius 3 is 2.95 bits per heavy atom. The molecule has 0 bridgehead atoms. The number of H-pyrrole nitrogens is 1. The summed E-state index contributed by atoms with van der Waals surface area (Å²) in [5.74, 6) is -0.256. The number of ether oxygens (including phenoxy) is 1. The van der Waals surface area contributed by atoms with Crippen molar-refractivity contribution >= 4 is 33.3 Å². The van der Waals surface area contributed by atoms with Crippen LogP contribution in [0, 0.1) is 0 Å². The fourth-order valence-electron chi connectivity index (χ4n) is 2.38. The number of anilines is 1. The number of hydrogen-bond donors (Lipinski definition) is 2. The van der Waals surface area contributed by atoms with Crippen LogP contribution in [-0.4, -0.2) is 22.5 Å². The van der Waals surface area contributed by atoms with Crippen LogP contribution in [0.5, 0.6) is 0 Å². The molecule has 0 saturated heterocycles. The van der Waals surface area contributed by atoms with Crippen LogP contribution in [-0.2, 0) is 16.0 Å². The molecule has 0 unspecified atom stereocenters. The molecule has 3 aromatic rings. The van der Waals surface area contributed by atoms with E-state index >= 15 is 0 Å². The van der Waals surface area contributed by atoms with Gasteiger partial charge in [-0.3, -0.25) is 4.79 Å². The number of nitrogens with one attached hydrogen (secondary N) is 1. The molecule has 0 aliphatic heterocycles. The average molecular weight is 301 g/mol. The van der Waals surface area contributed by atoms with E-state index in [9.17, 15) is 4.79 Å². The highest BCUT2D eigenvalue weighted by Gasteiger charge is 2.18. The van der Waals surface area contributed by atoms with Crippen LogP contribution in [0.3, 0.4) is 0 Å². The molecular weight excluding hydrogens is 286 g/mol. The van der Waals surface area contributed by atoms with Crippen molar-refractivity contribution in [1.29, 1.82) is 0 Å². The molecule has 6 heteroatoms. The minimum Gasteiger partial charge on any atom is -0.466 e. The Labute approximate surface area is 125 Å². The molecule has 3 rings (SSSR count). The van der Waals surface area contributed by atoms with Crippen LogP contribution in [0.15, 0.2) is 29.6 Å². The van der Waals surface area contributed by atoms with Crippen molar-refractivity contribution in [3.05, 3.63) is 35.3 Å². The quantitative estimate of drug-likeness (QED) is 0.726. The van der Waals surface area contributed by atoms with Crippen molar-refractivity contribution < 1.29 is 9.53 Å². The Balaban J connectivity index is 2.12. The molecule has 5 nitrogen and oxygen atoms in total. The van der Waals surface area contributed by atoms with E-state index in [-0.39, 0.29) is 12.4 Å². The fourth-order valence-corrected chi connectivity index (χ4v) is 2.94. The van der Waals surface area contributed by atoms with E-state index in [0.717, 1.165) is 27.9 Å². The van der Waals surface area contributed by atoms with Crippen molar-refractivity contribution in [3.63, 3.8) is 0 Å². The third-order valence-corrected chi connectivity index (χ3v) is 3.86. The Kier molecular flexibility index (Phi) is 3.62. The average Bonchev–Trinajstić information content (AvgIpc) is 3.01. The third-order valence-electron chi connectivity index (χ3n) is 3.19. The highest BCUT2D eigenvalue weighted by molar-refractivity contribution is 7.13. The number of nitrogen functional groups attached to an aromatic ring is 1. The summed E-state index contributed by atoms with van der Waals surface area (Å²) in [5, 5.41) is 3.44. The molecule has 2 aromatic heterocycles. The summed E-state index contributed by atoms with van der Waals surface area (Å²) in [6.45, 7) is 2.17. The first-order valence-corrected chi connectivity index (χ1v) is 7.53. The van der Waals surface area contributed by atoms with Crippen LogP contribution >= 0.6 is 11.3 Å². The van der Waals surface area contributed by atoms with Crippen LogP contribution in [0.2, 0.25) is 0 Å². The number of aromatic amines is 1. The Morgan fingerprint density at radius 2 is 2.24 bits per heavy atom. The minimum absolute atomic E-state index is 0.190. The largest absolute Gasteiger partial charge is 0.466 e. The van der Waals surface area contributed by atoms with E-state index in [1.165, 1.54) is 11.3 Å². The molecule has 0 radical (unpaired) electrons. The first-order chi connectivity index (χ1) is 10.2. The Hall–Kier alpha value is -2.34. The summed E-state index contributed by atoms with van der Waals surface area (Å²) in [6.07, 6.45) is 0.190. The lowest BCUT2D eigenvalue weighted by atomic mass is 10.1. The highest BCUT2D eigenvalue weighted by Crippen LogP contribution is 2.34. The summed E-state index contributed by atoms with van der Waals surface area (Å²) in [5.41, 5.74) is 9.22. The number of fused-ring (bicyclic) bond motifs is 1. The lowest BCUT2D eigenvalue weighted by molar-refractivity contribution is -0.142. The van der Waals surface area contributed by atoms with Crippen molar-refractivity contribution in [2.45, 2.75) is 13.3 Å². The van der Waals surface area contributed by atoms with Crippen molar-refractivity contribution in [2.24, 2.45) is 0 Å². The van der Waals surface area contributed by atoms with Crippen LogP contribution in [0.1, 0.15) is 12.6 Å². The number of thiazole rings is 1. The van der Waals surface area contributed by atoms with Gasteiger partial charge in [0.2, 0.25) is 0 Å². The normalized spacial score (nSPS) is 10.9. The van der Waals surface area contributed by atoms with Gasteiger partial charge in [0.05, 0.1) is 18.7 Å². The number of rotatable bonds is 4.